The van der Waals surface area contributed by atoms with Gasteiger partial charge in [-0.1, -0.05) is 30.0 Å². The van der Waals surface area contributed by atoms with Gasteiger partial charge in [-0.2, -0.15) is 0 Å². The molecule has 14 heavy (non-hydrogen) atoms. The van der Waals surface area contributed by atoms with E-state index in [1.165, 1.54) is 23.1 Å². The average Bonchev–Trinajstić information content (AvgIpc) is 2.51. The maximum atomic E-state index is 11.1. The fraction of sp³-hybridized carbons (Fsp3) is 0.667. The number of nitrogens with zero attached hydrogens (tertiary/aromatic N) is 2. The number of anilines is 1. The topological polar surface area (TPSA) is 85.9 Å². The van der Waals surface area contributed by atoms with E-state index < -0.39 is 9.84 Å². The van der Waals surface area contributed by atoms with Gasteiger partial charge in [-0.15, -0.1) is 10.2 Å². The molecule has 0 saturated heterocycles. The molecule has 1 rings (SSSR count). The minimum atomic E-state index is -2.88. The molecule has 0 aliphatic rings. The Labute approximate surface area is 91.0 Å². The standard InChI is InChI=1S/C6H11N3O2S3/c1-2-14(10,11)4-3-12-6-9-8-5(7)13-6/h2-4H2,1H3,(H2,7,8). The fourth-order valence-electron chi connectivity index (χ4n) is 0.679. The van der Waals surface area contributed by atoms with Crippen LogP contribution in [0.1, 0.15) is 6.92 Å². The van der Waals surface area contributed by atoms with Gasteiger partial charge in [0.25, 0.3) is 0 Å². The molecule has 0 saturated carbocycles. The van der Waals surface area contributed by atoms with Crippen LogP contribution in [-0.2, 0) is 9.84 Å². The lowest BCUT2D eigenvalue weighted by Gasteiger charge is -1.97. The van der Waals surface area contributed by atoms with Gasteiger partial charge in [0.15, 0.2) is 14.2 Å². The monoisotopic (exact) mass is 253 g/mol. The molecule has 0 fully saturated rings. The van der Waals surface area contributed by atoms with Crippen LogP contribution < -0.4 is 5.73 Å². The Morgan fingerprint density at radius 2 is 2.21 bits per heavy atom. The summed E-state index contributed by atoms with van der Waals surface area (Å²) in [6.45, 7) is 1.64. The van der Waals surface area contributed by atoms with Crippen LogP contribution in [0.2, 0.25) is 0 Å². The van der Waals surface area contributed by atoms with Gasteiger partial charge in [-0.05, 0) is 0 Å². The van der Waals surface area contributed by atoms with E-state index in [0.717, 1.165) is 0 Å². The highest BCUT2D eigenvalue weighted by Gasteiger charge is 2.08. The van der Waals surface area contributed by atoms with E-state index in [1.54, 1.807) is 6.92 Å². The molecule has 0 aliphatic heterocycles. The van der Waals surface area contributed by atoms with Crippen molar-refractivity contribution in [3.05, 3.63) is 0 Å². The second-order valence-corrected chi connectivity index (χ2v) is 7.31. The van der Waals surface area contributed by atoms with E-state index in [9.17, 15) is 8.42 Å². The molecule has 80 valence electrons. The first-order chi connectivity index (χ1) is 6.53. The minimum absolute atomic E-state index is 0.174. The van der Waals surface area contributed by atoms with Crippen LogP contribution >= 0.6 is 23.1 Å². The van der Waals surface area contributed by atoms with E-state index in [0.29, 0.717) is 15.2 Å². The summed E-state index contributed by atoms with van der Waals surface area (Å²) in [6.07, 6.45) is 0. The molecule has 5 nitrogen and oxygen atoms in total. The van der Waals surface area contributed by atoms with Crippen molar-refractivity contribution in [1.29, 1.82) is 0 Å². The Bertz CT molecular complexity index is 387. The lowest BCUT2D eigenvalue weighted by molar-refractivity contribution is 0.599. The van der Waals surface area contributed by atoms with E-state index in [2.05, 4.69) is 10.2 Å². The van der Waals surface area contributed by atoms with Gasteiger partial charge in [0.2, 0.25) is 5.13 Å². The van der Waals surface area contributed by atoms with Crippen molar-refractivity contribution in [1.82, 2.24) is 10.2 Å². The third-order valence-electron chi connectivity index (χ3n) is 1.48. The first-order valence-corrected chi connectivity index (χ1v) is 7.58. The van der Waals surface area contributed by atoms with E-state index >= 15 is 0 Å². The highest BCUT2D eigenvalue weighted by molar-refractivity contribution is 8.02. The highest BCUT2D eigenvalue weighted by Crippen LogP contribution is 2.23. The van der Waals surface area contributed by atoms with Crippen molar-refractivity contribution in [3.8, 4) is 0 Å². The number of thioether (sulfide) groups is 1. The number of rotatable bonds is 5. The summed E-state index contributed by atoms with van der Waals surface area (Å²) in [4.78, 5) is 0. The molecule has 0 radical (unpaired) electrons. The quantitative estimate of drug-likeness (QED) is 0.775. The molecule has 1 aromatic heterocycles. The third kappa shape index (κ3) is 3.81. The molecule has 1 aromatic rings. The van der Waals surface area contributed by atoms with Crippen LogP contribution in [0.3, 0.4) is 0 Å². The summed E-state index contributed by atoms with van der Waals surface area (Å²) >= 11 is 2.64. The van der Waals surface area contributed by atoms with Gasteiger partial charge in [0, 0.05) is 11.5 Å². The molecular weight excluding hydrogens is 242 g/mol. The first kappa shape index (κ1) is 11.7. The first-order valence-electron chi connectivity index (χ1n) is 3.95. The maximum absolute atomic E-state index is 11.1. The second kappa shape index (κ2) is 4.94. The molecule has 8 heteroatoms. The van der Waals surface area contributed by atoms with Gasteiger partial charge in [0.05, 0.1) is 5.75 Å². The molecule has 0 bridgehead atoms. The molecule has 0 atom stereocenters. The summed E-state index contributed by atoms with van der Waals surface area (Å²) in [5, 5.41) is 7.81. The highest BCUT2D eigenvalue weighted by atomic mass is 32.2. The number of aromatic nitrogens is 2. The normalized spacial score (nSPS) is 11.8. The van der Waals surface area contributed by atoms with E-state index in [4.69, 9.17) is 5.73 Å². The molecule has 0 aromatic carbocycles. The van der Waals surface area contributed by atoms with Gasteiger partial charge >= 0.3 is 0 Å². The van der Waals surface area contributed by atoms with Gasteiger partial charge in [0.1, 0.15) is 0 Å². The van der Waals surface area contributed by atoms with Crippen molar-refractivity contribution < 1.29 is 8.42 Å². The zero-order valence-corrected chi connectivity index (χ0v) is 10.1. The number of nitrogen functional groups attached to an aromatic ring is 1. The summed E-state index contributed by atoms with van der Waals surface area (Å²) in [7, 11) is -2.88. The smallest absolute Gasteiger partial charge is 0.203 e. The number of hydrogen-bond acceptors (Lipinski definition) is 7. The van der Waals surface area contributed by atoms with Crippen molar-refractivity contribution in [2.24, 2.45) is 0 Å². The van der Waals surface area contributed by atoms with E-state index in [-0.39, 0.29) is 11.5 Å². The molecule has 0 spiro atoms. The molecule has 2 N–H and O–H groups in total. The molecule has 0 unspecified atom stereocenters. The SMILES string of the molecule is CCS(=O)(=O)CCSc1nnc(N)s1. The van der Waals surface area contributed by atoms with Crippen LogP contribution in [0.4, 0.5) is 5.13 Å². The molecular formula is C6H11N3O2S3. The van der Waals surface area contributed by atoms with Crippen molar-refractivity contribution in [2.75, 3.05) is 23.0 Å². The Hall–Kier alpha value is -0.340. The lowest BCUT2D eigenvalue weighted by atomic mass is 10.9. The molecule has 0 aliphatic carbocycles. The Balaban J connectivity index is 2.36. The summed E-state index contributed by atoms with van der Waals surface area (Å²) in [5.41, 5.74) is 5.38. The molecule has 0 amide bonds. The van der Waals surface area contributed by atoms with Crippen LogP contribution in [-0.4, -0.2) is 35.9 Å². The fourth-order valence-corrected chi connectivity index (χ4v) is 3.67. The summed E-state index contributed by atoms with van der Waals surface area (Å²) < 4.78 is 23.0. The van der Waals surface area contributed by atoms with Crippen molar-refractivity contribution in [3.63, 3.8) is 0 Å². The minimum Gasteiger partial charge on any atom is -0.374 e. The Morgan fingerprint density at radius 3 is 2.71 bits per heavy atom. The number of nitrogens with two attached hydrogens (primary N) is 1. The van der Waals surface area contributed by atoms with Crippen LogP contribution in [0.25, 0.3) is 0 Å². The zero-order chi connectivity index (χ0) is 10.6. The summed E-state index contributed by atoms with van der Waals surface area (Å²) in [5.74, 6) is 0.865. The van der Waals surface area contributed by atoms with Gasteiger partial charge in [-0.3, -0.25) is 0 Å². The van der Waals surface area contributed by atoms with Crippen LogP contribution in [0.5, 0.6) is 0 Å². The van der Waals surface area contributed by atoms with Crippen LogP contribution in [0.15, 0.2) is 4.34 Å². The Morgan fingerprint density at radius 1 is 1.50 bits per heavy atom. The zero-order valence-electron chi connectivity index (χ0n) is 7.63. The third-order valence-corrected chi connectivity index (χ3v) is 5.33. The lowest BCUT2D eigenvalue weighted by Crippen LogP contribution is -2.10. The van der Waals surface area contributed by atoms with Gasteiger partial charge < -0.3 is 5.73 Å². The number of hydrogen-bond donors (Lipinski definition) is 1. The molecule has 1 heterocycles. The second-order valence-electron chi connectivity index (χ2n) is 2.49. The maximum Gasteiger partial charge on any atom is 0.203 e. The largest absolute Gasteiger partial charge is 0.374 e. The van der Waals surface area contributed by atoms with Crippen molar-refractivity contribution >= 4 is 38.1 Å². The summed E-state index contributed by atoms with van der Waals surface area (Å²) in [6, 6.07) is 0. The Kier molecular flexibility index (Phi) is 4.14. The van der Waals surface area contributed by atoms with Gasteiger partial charge in [-0.25, -0.2) is 8.42 Å². The average molecular weight is 253 g/mol. The van der Waals surface area contributed by atoms with Crippen LogP contribution in [0, 0.1) is 0 Å². The number of sulfone groups is 1. The van der Waals surface area contributed by atoms with Crippen molar-refractivity contribution in [2.45, 2.75) is 11.3 Å². The van der Waals surface area contributed by atoms with E-state index in [1.807, 2.05) is 0 Å². The predicted molar refractivity (Wildman–Crippen MR) is 59.4 cm³/mol. The predicted octanol–water partition coefficient (Wildman–Crippen LogP) is 0.647.